The number of aromatic amines is 2. The molecule has 0 amide bonds. The molecule has 0 saturated carbocycles. The molecule has 4 aromatic rings. The van der Waals surface area contributed by atoms with Crippen molar-refractivity contribution in [3.8, 4) is 22.6 Å². The summed E-state index contributed by atoms with van der Waals surface area (Å²) in [7, 11) is 0. The number of rotatable bonds is 3. The fourth-order valence-electron chi connectivity index (χ4n) is 3.18. The molecule has 0 aliphatic carbocycles. The Morgan fingerprint density at radius 2 is 1.86 bits per heavy atom. The number of aryl methyl sites for hydroxylation is 2. The fourth-order valence-corrected chi connectivity index (χ4v) is 3.18. The summed E-state index contributed by atoms with van der Waals surface area (Å²) in [6.07, 6.45) is -4.44. The average molecular weight is 404 g/mol. The van der Waals surface area contributed by atoms with Crippen molar-refractivity contribution in [2.24, 2.45) is 0 Å². The van der Waals surface area contributed by atoms with Crippen molar-refractivity contribution in [2.75, 3.05) is 0 Å². The Balaban J connectivity index is 1.95. The quantitative estimate of drug-likeness (QED) is 0.486. The molecule has 0 radical (unpaired) electrons. The van der Waals surface area contributed by atoms with E-state index in [0.29, 0.717) is 28.3 Å². The number of H-pyrrole nitrogens is 2. The minimum absolute atomic E-state index is 0.0899. The number of fused-ring (bicyclic) bond motifs is 1. The van der Waals surface area contributed by atoms with Gasteiger partial charge in [0.15, 0.2) is 11.3 Å². The molecule has 3 N–H and O–H groups in total. The number of aromatic nitrogens is 6. The smallest absolute Gasteiger partial charge is 0.390 e. The maximum atomic E-state index is 12.9. The van der Waals surface area contributed by atoms with Gasteiger partial charge in [-0.2, -0.15) is 23.4 Å². The lowest BCUT2D eigenvalue weighted by molar-refractivity contribution is -0.137. The van der Waals surface area contributed by atoms with E-state index >= 15 is 0 Å². The van der Waals surface area contributed by atoms with Gasteiger partial charge in [-0.3, -0.25) is 9.89 Å². The van der Waals surface area contributed by atoms with Gasteiger partial charge in [0.1, 0.15) is 11.5 Å². The highest BCUT2D eigenvalue weighted by atomic mass is 19.4. The van der Waals surface area contributed by atoms with E-state index in [2.05, 4.69) is 25.3 Å². The molecular formula is C18H15F3N6O2. The number of benzene rings is 1. The molecule has 0 atom stereocenters. The van der Waals surface area contributed by atoms with Crippen molar-refractivity contribution in [1.82, 2.24) is 29.8 Å². The molecule has 0 spiro atoms. The standard InChI is InChI=1S/C18H15F3N6O2/c1-8-13(14(25-24-8)10-3-5-11(6-4-10)18(19,20)21)16-23-12(7-28)15-17(29)22-9(2)26-27(15)16/h3-6,28H,7H2,1-2H3,(H,24,25)(H,22,26,29). The summed E-state index contributed by atoms with van der Waals surface area (Å²) in [6, 6.07) is 4.57. The lowest BCUT2D eigenvalue weighted by atomic mass is 10.0. The molecule has 3 heterocycles. The largest absolute Gasteiger partial charge is 0.416 e. The van der Waals surface area contributed by atoms with E-state index in [1.807, 2.05) is 0 Å². The second-order valence-electron chi connectivity index (χ2n) is 6.49. The summed E-state index contributed by atoms with van der Waals surface area (Å²) >= 11 is 0. The van der Waals surface area contributed by atoms with Gasteiger partial charge in [-0.25, -0.2) is 9.50 Å². The zero-order valence-corrected chi connectivity index (χ0v) is 15.3. The number of nitrogens with zero attached hydrogens (tertiary/aromatic N) is 4. The molecule has 0 aliphatic rings. The van der Waals surface area contributed by atoms with Gasteiger partial charge < -0.3 is 10.1 Å². The maximum absolute atomic E-state index is 12.9. The Kier molecular flexibility index (Phi) is 4.26. The first-order valence-corrected chi connectivity index (χ1v) is 8.53. The highest BCUT2D eigenvalue weighted by molar-refractivity contribution is 5.81. The van der Waals surface area contributed by atoms with Crippen molar-refractivity contribution in [3.63, 3.8) is 0 Å². The Hall–Kier alpha value is -3.47. The molecule has 8 nitrogen and oxygen atoms in total. The van der Waals surface area contributed by atoms with Crippen LogP contribution in [0, 0.1) is 13.8 Å². The number of nitrogens with one attached hydrogen (secondary N) is 2. The van der Waals surface area contributed by atoms with Crippen molar-refractivity contribution in [2.45, 2.75) is 26.6 Å². The van der Waals surface area contributed by atoms with Crippen LogP contribution in [0.2, 0.25) is 0 Å². The van der Waals surface area contributed by atoms with E-state index in [1.54, 1.807) is 13.8 Å². The van der Waals surface area contributed by atoms with Crippen LogP contribution in [0.25, 0.3) is 28.2 Å². The van der Waals surface area contributed by atoms with Crippen LogP contribution in [0.5, 0.6) is 0 Å². The summed E-state index contributed by atoms with van der Waals surface area (Å²) < 4.78 is 39.9. The second-order valence-corrected chi connectivity index (χ2v) is 6.49. The van der Waals surface area contributed by atoms with Crippen LogP contribution in [0.4, 0.5) is 13.2 Å². The van der Waals surface area contributed by atoms with E-state index in [9.17, 15) is 23.1 Å². The van der Waals surface area contributed by atoms with Gasteiger partial charge in [0, 0.05) is 11.3 Å². The molecule has 3 aromatic heterocycles. The molecule has 0 fully saturated rings. The van der Waals surface area contributed by atoms with E-state index < -0.39 is 23.9 Å². The maximum Gasteiger partial charge on any atom is 0.416 e. The number of hydrogen-bond acceptors (Lipinski definition) is 5. The summed E-state index contributed by atoms with van der Waals surface area (Å²) in [5.41, 5.74) is 0.826. The van der Waals surface area contributed by atoms with Gasteiger partial charge in [-0.1, -0.05) is 12.1 Å². The van der Waals surface area contributed by atoms with Gasteiger partial charge in [0.2, 0.25) is 0 Å². The predicted octanol–water partition coefficient (Wildman–Crippen LogP) is 2.60. The SMILES string of the molecule is Cc1nn2c(-c3c(-c4ccc(C(F)(F)F)cc4)n[nH]c3C)nc(CO)c2c(=O)[nH]1. The number of aliphatic hydroxyl groups excluding tert-OH is 1. The molecule has 1 aromatic carbocycles. The average Bonchev–Trinajstić information content (AvgIpc) is 3.21. The van der Waals surface area contributed by atoms with E-state index in [0.717, 1.165) is 12.1 Å². The number of alkyl halides is 3. The van der Waals surface area contributed by atoms with E-state index in [4.69, 9.17) is 0 Å². The second kappa shape index (κ2) is 6.55. The van der Waals surface area contributed by atoms with Crippen molar-refractivity contribution in [1.29, 1.82) is 0 Å². The van der Waals surface area contributed by atoms with Gasteiger partial charge in [-0.05, 0) is 26.0 Å². The van der Waals surface area contributed by atoms with E-state index in [-0.39, 0.29) is 17.0 Å². The topological polar surface area (TPSA) is 112 Å². The molecule has 11 heteroatoms. The van der Waals surface area contributed by atoms with Crippen molar-refractivity contribution >= 4 is 5.52 Å². The molecule has 4 rings (SSSR count). The number of hydrogen-bond donors (Lipinski definition) is 3. The minimum atomic E-state index is -4.44. The molecule has 0 unspecified atom stereocenters. The van der Waals surface area contributed by atoms with Crippen LogP contribution in [-0.2, 0) is 12.8 Å². The van der Waals surface area contributed by atoms with Crippen LogP contribution >= 0.6 is 0 Å². The Bertz CT molecular complexity index is 1270. The third kappa shape index (κ3) is 3.09. The molecular weight excluding hydrogens is 389 g/mol. The number of imidazole rings is 1. The summed E-state index contributed by atoms with van der Waals surface area (Å²) in [5.74, 6) is 0.585. The van der Waals surface area contributed by atoms with Crippen molar-refractivity contribution < 1.29 is 18.3 Å². The summed E-state index contributed by atoms with van der Waals surface area (Å²) in [4.78, 5) is 19.2. The van der Waals surface area contributed by atoms with Crippen LogP contribution in [0.15, 0.2) is 29.1 Å². The molecule has 0 aliphatic heterocycles. The third-order valence-corrected chi connectivity index (χ3v) is 4.49. The summed E-state index contributed by atoms with van der Waals surface area (Å²) in [5, 5.41) is 20.9. The first-order chi connectivity index (χ1) is 13.7. The molecule has 29 heavy (non-hydrogen) atoms. The Morgan fingerprint density at radius 3 is 2.48 bits per heavy atom. The van der Waals surface area contributed by atoms with Gasteiger partial charge >= 0.3 is 6.18 Å². The van der Waals surface area contributed by atoms with Crippen LogP contribution in [0.1, 0.15) is 22.8 Å². The van der Waals surface area contributed by atoms with Gasteiger partial charge in [0.05, 0.1) is 23.4 Å². The van der Waals surface area contributed by atoms with Crippen LogP contribution in [-0.4, -0.2) is 34.9 Å². The van der Waals surface area contributed by atoms with Crippen LogP contribution < -0.4 is 5.56 Å². The zero-order valence-electron chi connectivity index (χ0n) is 15.3. The lowest BCUT2D eigenvalue weighted by Crippen LogP contribution is -2.15. The van der Waals surface area contributed by atoms with Gasteiger partial charge in [0.25, 0.3) is 5.56 Å². The first-order valence-electron chi connectivity index (χ1n) is 8.53. The number of aliphatic hydroxyl groups is 1. The highest BCUT2D eigenvalue weighted by Crippen LogP contribution is 2.35. The zero-order chi connectivity index (χ0) is 20.9. The monoisotopic (exact) mass is 404 g/mol. The lowest BCUT2D eigenvalue weighted by Gasteiger charge is -2.08. The predicted molar refractivity (Wildman–Crippen MR) is 97.0 cm³/mol. The highest BCUT2D eigenvalue weighted by Gasteiger charge is 2.30. The van der Waals surface area contributed by atoms with Crippen molar-refractivity contribution in [3.05, 3.63) is 57.4 Å². The molecule has 0 saturated heterocycles. The normalized spacial score (nSPS) is 12.1. The first kappa shape index (κ1) is 18.9. The van der Waals surface area contributed by atoms with E-state index in [1.165, 1.54) is 16.6 Å². The third-order valence-electron chi connectivity index (χ3n) is 4.49. The van der Waals surface area contributed by atoms with Crippen LogP contribution in [0.3, 0.4) is 0 Å². The van der Waals surface area contributed by atoms with Gasteiger partial charge in [-0.15, -0.1) is 0 Å². The molecule has 0 bridgehead atoms. The summed E-state index contributed by atoms with van der Waals surface area (Å²) in [6.45, 7) is 2.84. The Morgan fingerprint density at radius 1 is 1.17 bits per heavy atom. The fraction of sp³-hybridized carbons (Fsp3) is 0.222. The Labute approximate surface area is 161 Å². The minimum Gasteiger partial charge on any atom is -0.390 e. The number of halogens is 3. The molecule has 150 valence electrons.